The molecule has 0 aliphatic heterocycles. The fraction of sp³-hybridized carbons (Fsp3) is 0.316. The lowest BCUT2D eigenvalue weighted by atomic mass is 10.1. The van der Waals surface area contributed by atoms with E-state index in [2.05, 4.69) is 12.2 Å². The molecule has 0 aliphatic carbocycles. The highest BCUT2D eigenvalue weighted by molar-refractivity contribution is 5.78. The summed E-state index contributed by atoms with van der Waals surface area (Å²) in [6.45, 7) is 2.29. The van der Waals surface area contributed by atoms with Crippen LogP contribution in [0.3, 0.4) is 0 Å². The predicted molar refractivity (Wildman–Crippen MR) is 90.5 cm³/mol. The zero-order chi connectivity index (χ0) is 16.7. The first-order valence-corrected chi connectivity index (χ1v) is 7.79. The Kier molecular flexibility index (Phi) is 6.18. The summed E-state index contributed by atoms with van der Waals surface area (Å²) in [6, 6.07) is 15.2. The van der Waals surface area contributed by atoms with Gasteiger partial charge in [0.1, 0.15) is 5.75 Å². The Balaban J connectivity index is 1.82. The summed E-state index contributed by atoms with van der Waals surface area (Å²) >= 11 is 0. The highest BCUT2D eigenvalue weighted by atomic mass is 16.5. The molecular formula is C19H23NO3. The van der Waals surface area contributed by atoms with Gasteiger partial charge in [-0.2, -0.15) is 0 Å². The van der Waals surface area contributed by atoms with Crippen molar-refractivity contribution in [3.8, 4) is 5.75 Å². The summed E-state index contributed by atoms with van der Waals surface area (Å²) in [5.74, 6) is 0.641. The number of carbonyl (C=O) groups is 1. The molecule has 0 aliphatic rings. The number of rotatable bonds is 7. The monoisotopic (exact) mass is 313 g/mol. The molecule has 0 saturated carbocycles. The maximum Gasteiger partial charge on any atom is 0.224 e. The molecule has 0 radical (unpaired) electrons. The number of ether oxygens (including phenoxy) is 1. The number of hydrogen-bond donors (Lipinski definition) is 2. The van der Waals surface area contributed by atoms with Gasteiger partial charge in [-0.3, -0.25) is 4.79 Å². The van der Waals surface area contributed by atoms with Crippen LogP contribution in [0.5, 0.6) is 5.75 Å². The van der Waals surface area contributed by atoms with Crippen molar-refractivity contribution in [2.24, 2.45) is 0 Å². The zero-order valence-corrected chi connectivity index (χ0v) is 13.6. The van der Waals surface area contributed by atoms with Crippen molar-refractivity contribution in [1.29, 1.82) is 0 Å². The van der Waals surface area contributed by atoms with Gasteiger partial charge < -0.3 is 15.2 Å². The molecular weight excluding hydrogens is 290 g/mol. The van der Waals surface area contributed by atoms with Crippen LogP contribution in [-0.2, 0) is 17.6 Å². The van der Waals surface area contributed by atoms with Gasteiger partial charge in [-0.05, 0) is 35.2 Å². The van der Waals surface area contributed by atoms with E-state index in [1.54, 1.807) is 31.4 Å². The average molecular weight is 313 g/mol. The molecule has 2 rings (SSSR count). The number of aryl methyl sites for hydroxylation is 1. The summed E-state index contributed by atoms with van der Waals surface area (Å²) in [6.07, 6.45) is 0.576. The number of nitrogens with one attached hydrogen (secondary N) is 1. The van der Waals surface area contributed by atoms with Gasteiger partial charge in [0.2, 0.25) is 5.91 Å². The van der Waals surface area contributed by atoms with E-state index in [1.807, 2.05) is 24.3 Å². The zero-order valence-electron chi connectivity index (χ0n) is 13.6. The fourth-order valence-electron chi connectivity index (χ4n) is 2.30. The average Bonchev–Trinajstić information content (AvgIpc) is 2.60. The molecule has 0 fully saturated rings. The third kappa shape index (κ3) is 5.11. The smallest absolute Gasteiger partial charge is 0.224 e. The highest BCUT2D eigenvalue weighted by Gasteiger charge is 2.10. The van der Waals surface area contributed by atoms with Gasteiger partial charge in [-0.15, -0.1) is 0 Å². The molecule has 0 bridgehead atoms. The number of aliphatic hydroxyl groups is 1. The van der Waals surface area contributed by atoms with Gasteiger partial charge in [0.05, 0.1) is 19.6 Å². The Hall–Kier alpha value is -2.33. The molecule has 0 aromatic heterocycles. The van der Waals surface area contributed by atoms with Gasteiger partial charge in [0.15, 0.2) is 0 Å². The largest absolute Gasteiger partial charge is 0.497 e. The Morgan fingerprint density at radius 1 is 1.09 bits per heavy atom. The second-order valence-corrected chi connectivity index (χ2v) is 5.44. The molecule has 23 heavy (non-hydrogen) atoms. The number of methoxy groups -OCH3 is 1. The molecule has 1 amide bonds. The van der Waals surface area contributed by atoms with E-state index in [1.165, 1.54) is 5.56 Å². The Labute approximate surface area is 137 Å². The van der Waals surface area contributed by atoms with Crippen molar-refractivity contribution in [1.82, 2.24) is 5.32 Å². The second-order valence-electron chi connectivity index (χ2n) is 5.44. The van der Waals surface area contributed by atoms with E-state index in [4.69, 9.17) is 4.74 Å². The Morgan fingerprint density at radius 2 is 1.70 bits per heavy atom. The summed E-state index contributed by atoms with van der Waals surface area (Å²) in [4.78, 5) is 12.0. The minimum Gasteiger partial charge on any atom is -0.497 e. The van der Waals surface area contributed by atoms with E-state index in [-0.39, 0.29) is 12.5 Å². The molecule has 0 heterocycles. The molecule has 4 nitrogen and oxygen atoms in total. The topological polar surface area (TPSA) is 58.6 Å². The van der Waals surface area contributed by atoms with Gasteiger partial charge in [-0.1, -0.05) is 43.3 Å². The van der Waals surface area contributed by atoms with Crippen LogP contribution >= 0.6 is 0 Å². The van der Waals surface area contributed by atoms with Crippen LogP contribution in [0.15, 0.2) is 48.5 Å². The minimum absolute atomic E-state index is 0.0955. The quantitative estimate of drug-likeness (QED) is 0.826. The predicted octanol–water partition coefficient (Wildman–Crippen LogP) is 2.65. The maximum atomic E-state index is 12.0. The second kappa shape index (κ2) is 8.34. The van der Waals surface area contributed by atoms with Crippen LogP contribution in [0.2, 0.25) is 0 Å². The van der Waals surface area contributed by atoms with E-state index in [0.29, 0.717) is 6.42 Å². The van der Waals surface area contributed by atoms with Crippen molar-refractivity contribution in [2.45, 2.75) is 25.9 Å². The number of aliphatic hydroxyl groups excluding tert-OH is 1. The SMILES string of the molecule is CCc1ccc(CC(=O)NCC(O)c2ccc(OC)cc2)cc1. The first kappa shape index (κ1) is 17.0. The lowest BCUT2D eigenvalue weighted by Gasteiger charge is -2.13. The van der Waals surface area contributed by atoms with Crippen LogP contribution in [0.4, 0.5) is 0 Å². The summed E-state index contributed by atoms with van der Waals surface area (Å²) in [5, 5.41) is 12.9. The number of benzene rings is 2. The number of hydrogen-bond acceptors (Lipinski definition) is 3. The van der Waals surface area contributed by atoms with Crippen molar-refractivity contribution >= 4 is 5.91 Å². The van der Waals surface area contributed by atoms with Crippen LogP contribution < -0.4 is 10.1 Å². The molecule has 2 N–H and O–H groups in total. The van der Waals surface area contributed by atoms with E-state index >= 15 is 0 Å². The van der Waals surface area contributed by atoms with E-state index in [9.17, 15) is 9.90 Å². The lowest BCUT2D eigenvalue weighted by molar-refractivity contribution is -0.120. The number of amides is 1. The third-order valence-corrected chi connectivity index (χ3v) is 3.79. The van der Waals surface area contributed by atoms with Crippen molar-refractivity contribution in [3.05, 3.63) is 65.2 Å². The third-order valence-electron chi connectivity index (χ3n) is 3.79. The summed E-state index contributed by atoms with van der Waals surface area (Å²) in [7, 11) is 1.60. The van der Waals surface area contributed by atoms with Gasteiger partial charge in [0, 0.05) is 6.54 Å². The van der Waals surface area contributed by atoms with Crippen molar-refractivity contribution in [2.75, 3.05) is 13.7 Å². The molecule has 0 spiro atoms. The van der Waals surface area contributed by atoms with E-state index in [0.717, 1.165) is 23.3 Å². The lowest BCUT2D eigenvalue weighted by Crippen LogP contribution is -2.29. The molecule has 2 aromatic carbocycles. The van der Waals surface area contributed by atoms with Gasteiger partial charge in [0.25, 0.3) is 0 Å². The van der Waals surface area contributed by atoms with E-state index < -0.39 is 6.10 Å². The van der Waals surface area contributed by atoms with Crippen LogP contribution in [-0.4, -0.2) is 24.7 Å². The number of carbonyl (C=O) groups excluding carboxylic acids is 1. The maximum absolute atomic E-state index is 12.0. The Bertz CT molecular complexity index is 620. The minimum atomic E-state index is -0.729. The van der Waals surface area contributed by atoms with Gasteiger partial charge in [-0.25, -0.2) is 0 Å². The molecule has 4 heteroatoms. The first-order valence-electron chi connectivity index (χ1n) is 7.79. The molecule has 0 saturated heterocycles. The van der Waals surface area contributed by atoms with Crippen LogP contribution in [0, 0.1) is 0 Å². The van der Waals surface area contributed by atoms with Crippen molar-refractivity contribution in [3.63, 3.8) is 0 Å². The van der Waals surface area contributed by atoms with Crippen LogP contribution in [0.25, 0.3) is 0 Å². The molecule has 122 valence electrons. The molecule has 2 aromatic rings. The van der Waals surface area contributed by atoms with Crippen LogP contribution in [0.1, 0.15) is 29.7 Å². The fourth-order valence-corrected chi connectivity index (χ4v) is 2.30. The normalized spacial score (nSPS) is 11.8. The molecule has 1 atom stereocenters. The standard InChI is InChI=1S/C19H23NO3/c1-3-14-4-6-15(7-5-14)12-19(22)20-13-18(21)16-8-10-17(23-2)11-9-16/h4-11,18,21H,3,12-13H2,1-2H3,(H,20,22). The summed E-state index contributed by atoms with van der Waals surface area (Å²) in [5.41, 5.74) is 2.97. The first-order chi connectivity index (χ1) is 11.1. The highest BCUT2D eigenvalue weighted by Crippen LogP contribution is 2.17. The van der Waals surface area contributed by atoms with Gasteiger partial charge >= 0.3 is 0 Å². The molecule has 1 unspecified atom stereocenters. The Morgan fingerprint density at radius 3 is 2.26 bits per heavy atom. The summed E-state index contributed by atoms with van der Waals surface area (Å²) < 4.78 is 5.08. The van der Waals surface area contributed by atoms with Crippen molar-refractivity contribution < 1.29 is 14.6 Å².